The normalized spacial score (nSPS) is 9.95. The number of nitrogens with zero attached hydrogens (tertiary/aromatic N) is 4. The van der Waals surface area contributed by atoms with E-state index in [0.29, 0.717) is 28.2 Å². The van der Waals surface area contributed by atoms with Gasteiger partial charge in [0.25, 0.3) is 0 Å². The van der Waals surface area contributed by atoms with Crippen molar-refractivity contribution in [1.82, 2.24) is 15.0 Å². The number of aromatic nitrogens is 4. The molecule has 0 radical (unpaired) electrons. The quantitative estimate of drug-likeness (QED) is 0.802. The fourth-order valence-corrected chi connectivity index (χ4v) is 2.12. The van der Waals surface area contributed by atoms with Crippen LogP contribution in [0.1, 0.15) is 0 Å². The standard InChI is InChI=1S/C12H7ClN5S/c13-8-5-15-12(17-10-3-1-2-4-14-10)18-11(8)9-6-19-7-16-9/h1-6H,(H,14,15,17,18)/q+1. The van der Waals surface area contributed by atoms with Crippen LogP contribution in [0.25, 0.3) is 11.4 Å². The van der Waals surface area contributed by atoms with Crippen molar-refractivity contribution in [2.75, 3.05) is 5.32 Å². The molecule has 0 saturated heterocycles. The van der Waals surface area contributed by atoms with E-state index >= 15 is 0 Å². The zero-order valence-corrected chi connectivity index (χ0v) is 11.1. The maximum Gasteiger partial charge on any atom is 0.382 e. The zero-order valence-electron chi connectivity index (χ0n) is 9.54. The van der Waals surface area contributed by atoms with E-state index in [1.165, 1.54) is 17.5 Å². The lowest BCUT2D eigenvalue weighted by atomic mass is 10.3. The van der Waals surface area contributed by atoms with Crippen molar-refractivity contribution in [3.05, 3.63) is 46.5 Å². The monoisotopic (exact) mass is 288 g/mol. The Hall–Kier alpha value is -2.23. The van der Waals surface area contributed by atoms with Crippen molar-refractivity contribution in [3.8, 4) is 11.4 Å². The Morgan fingerprint density at radius 1 is 1.32 bits per heavy atom. The fourth-order valence-electron chi connectivity index (χ4n) is 1.45. The predicted octanol–water partition coefficient (Wildman–Crippen LogP) is 2.40. The van der Waals surface area contributed by atoms with Crippen LogP contribution in [0.4, 0.5) is 11.8 Å². The van der Waals surface area contributed by atoms with Gasteiger partial charge >= 0.3 is 11.2 Å². The van der Waals surface area contributed by atoms with Crippen LogP contribution < -0.4 is 10.3 Å². The average molecular weight is 289 g/mol. The molecule has 0 unspecified atom stereocenters. The lowest BCUT2D eigenvalue weighted by Gasteiger charge is -2.03. The molecule has 0 saturated carbocycles. The second-order valence-electron chi connectivity index (χ2n) is 3.55. The summed E-state index contributed by atoms with van der Waals surface area (Å²) in [6, 6.07) is 5.54. The molecule has 1 N–H and O–H groups in total. The summed E-state index contributed by atoms with van der Waals surface area (Å²) in [4.78, 5) is 16.7. The first-order valence-corrected chi connectivity index (χ1v) is 6.61. The summed E-state index contributed by atoms with van der Waals surface area (Å²) in [6.45, 7) is 0. The Morgan fingerprint density at radius 2 is 2.26 bits per heavy atom. The second kappa shape index (κ2) is 5.18. The van der Waals surface area contributed by atoms with Gasteiger partial charge < -0.3 is 5.32 Å². The summed E-state index contributed by atoms with van der Waals surface area (Å²) in [5.74, 6) is 1.09. The van der Waals surface area contributed by atoms with Crippen LogP contribution in [0.15, 0.2) is 36.0 Å². The van der Waals surface area contributed by atoms with Gasteiger partial charge in [0.2, 0.25) is 5.95 Å². The molecular formula is C12H7ClN5S+. The lowest BCUT2D eigenvalue weighted by Crippen LogP contribution is -2.02. The van der Waals surface area contributed by atoms with Crippen molar-refractivity contribution in [2.45, 2.75) is 0 Å². The number of nitrogens with one attached hydrogen (secondary N) is 1. The molecule has 19 heavy (non-hydrogen) atoms. The van der Waals surface area contributed by atoms with Crippen LogP contribution in [0, 0.1) is 5.51 Å². The smallest absolute Gasteiger partial charge is 0.309 e. The third-order valence-corrected chi connectivity index (χ3v) is 3.10. The van der Waals surface area contributed by atoms with Crippen molar-refractivity contribution in [1.29, 1.82) is 0 Å². The topological polar surface area (TPSA) is 64.8 Å². The summed E-state index contributed by atoms with van der Waals surface area (Å²) in [7, 11) is 0. The highest BCUT2D eigenvalue weighted by Crippen LogP contribution is 2.23. The predicted molar refractivity (Wildman–Crippen MR) is 72.3 cm³/mol. The minimum atomic E-state index is 0.422. The lowest BCUT2D eigenvalue weighted by molar-refractivity contribution is -0.275. The Kier molecular flexibility index (Phi) is 3.23. The van der Waals surface area contributed by atoms with Crippen LogP contribution in [0.3, 0.4) is 0 Å². The molecule has 3 aromatic rings. The van der Waals surface area contributed by atoms with Gasteiger partial charge in [0.1, 0.15) is 5.82 Å². The van der Waals surface area contributed by atoms with E-state index in [9.17, 15) is 0 Å². The van der Waals surface area contributed by atoms with Gasteiger partial charge in [0.15, 0.2) is 5.69 Å². The third kappa shape index (κ3) is 2.62. The summed E-state index contributed by atoms with van der Waals surface area (Å²) >= 11 is 7.44. The van der Waals surface area contributed by atoms with E-state index in [4.69, 9.17) is 11.6 Å². The maximum atomic E-state index is 6.07. The van der Waals surface area contributed by atoms with E-state index < -0.39 is 0 Å². The second-order valence-corrected chi connectivity index (χ2v) is 4.62. The van der Waals surface area contributed by atoms with Gasteiger partial charge in [-0.15, -0.1) is 0 Å². The van der Waals surface area contributed by atoms with E-state index in [2.05, 4.69) is 30.8 Å². The Bertz CT molecular complexity index is 672. The van der Waals surface area contributed by atoms with Crippen LogP contribution in [-0.4, -0.2) is 15.0 Å². The van der Waals surface area contributed by atoms with Gasteiger partial charge in [-0.05, 0) is 28.5 Å². The molecule has 0 spiro atoms. The average Bonchev–Trinajstić information content (AvgIpc) is 2.96. The largest absolute Gasteiger partial charge is 0.382 e. The molecule has 0 aromatic carbocycles. The SMILES string of the molecule is Clc1cnc(Nc2ccccn2)nc1-c1csc#[n+]1. The fraction of sp³-hybridized carbons (Fsp3) is 0. The molecule has 92 valence electrons. The molecule has 0 atom stereocenters. The molecule has 0 aliphatic rings. The van der Waals surface area contributed by atoms with Crippen molar-refractivity contribution in [2.24, 2.45) is 0 Å². The molecule has 0 aliphatic heterocycles. The summed E-state index contributed by atoms with van der Waals surface area (Å²) in [5, 5.41) is 5.29. The third-order valence-electron chi connectivity index (χ3n) is 2.28. The molecule has 0 amide bonds. The van der Waals surface area contributed by atoms with Gasteiger partial charge in [0.05, 0.1) is 16.6 Å². The van der Waals surface area contributed by atoms with Crippen LogP contribution in [0.5, 0.6) is 0 Å². The summed E-state index contributed by atoms with van der Waals surface area (Å²) in [6.07, 6.45) is 3.23. The van der Waals surface area contributed by atoms with Crippen LogP contribution >= 0.6 is 22.9 Å². The summed E-state index contributed by atoms with van der Waals surface area (Å²) < 4.78 is 0. The molecule has 0 fully saturated rings. The van der Waals surface area contributed by atoms with Gasteiger partial charge in [0, 0.05) is 6.20 Å². The van der Waals surface area contributed by atoms with Gasteiger partial charge in [-0.3, -0.25) is 0 Å². The number of halogens is 1. The maximum absolute atomic E-state index is 6.07. The Labute approximate surface area is 118 Å². The van der Waals surface area contributed by atoms with Crippen LogP contribution in [-0.2, 0) is 0 Å². The highest BCUT2D eigenvalue weighted by atomic mass is 35.5. The zero-order chi connectivity index (χ0) is 13.1. The molecule has 3 rings (SSSR count). The molecule has 7 heteroatoms. The van der Waals surface area contributed by atoms with Crippen molar-refractivity contribution >= 4 is 34.7 Å². The molecule has 0 aliphatic carbocycles. The van der Waals surface area contributed by atoms with Gasteiger partial charge in [-0.25, -0.2) is 15.0 Å². The van der Waals surface area contributed by atoms with E-state index in [0.717, 1.165) is 0 Å². The molecular weight excluding hydrogens is 282 g/mol. The Balaban J connectivity index is 1.94. The number of hydrogen-bond acceptors (Lipinski definition) is 5. The van der Waals surface area contributed by atoms with Crippen LogP contribution in [0.2, 0.25) is 5.02 Å². The number of pyridine rings is 1. The molecule has 0 bridgehead atoms. The minimum absolute atomic E-state index is 0.422. The van der Waals surface area contributed by atoms with Crippen molar-refractivity contribution < 1.29 is 4.98 Å². The highest BCUT2D eigenvalue weighted by Gasteiger charge is 2.17. The minimum Gasteiger partial charge on any atom is -0.309 e. The molecule has 3 aromatic heterocycles. The van der Waals surface area contributed by atoms with E-state index in [-0.39, 0.29) is 0 Å². The highest BCUT2D eigenvalue weighted by molar-refractivity contribution is 7.06. The molecule has 3 heterocycles. The number of rotatable bonds is 3. The van der Waals surface area contributed by atoms with E-state index in [1.807, 2.05) is 23.6 Å². The van der Waals surface area contributed by atoms with E-state index in [1.54, 1.807) is 6.20 Å². The van der Waals surface area contributed by atoms with Gasteiger partial charge in [-0.1, -0.05) is 17.7 Å². The van der Waals surface area contributed by atoms with Crippen molar-refractivity contribution in [3.63, 3.8) is 0 Å². The number of hydrogen-bond donors (Lipinski definition) is 1. The molecule has 5 nitrogen and oxygen atoms in total. The van der Waals surface area contributed by atoms with Gasteiger partial charge in [-0.2, -0.15) is 0 Å². The number of anilines is 2. The summed E-state index contributed by atoms with van der Waals surface area (Å²) in [5.41, 5.74) is 4.02. The first-order chi connectivity index (χ1) is 9.33. The first kappa shape index (κ1) is 11.8. The first-order valence-electron chi connectivity index (χ1n) is 5.35. The Morgan fingerprint density at radius 3 is 3.00 bits per heavy atom.